The van der Waals surface area contributed by atoms with E-state index < -0.39 is 0 Å². The van der Waals surface area contributed by atoms with Crippen LogP contribution in [-0.2, 0) is 6.54 Å². The molecule has 0 radical (unpaired) electrons. The number of nitrogens with zero attached hydrogens (tertiary/aromatic N) is 3. The molecular weight excluding hydrogens is 520 g/mol. The lowest BCUT2D eigenvalue weighted by atomic mass is 9.89. The van der Waals surface area contributed by atoms with Gasteiger partial charge >= 0.3 is 0 Å². The van der Waals surface area contributed by atoms with Crippen LogP contribution in [0.3, 0.4) is 0 Å². The molecule has 1 saturated carbocycles. The predicted molar refractivity (Wildman–Crippen MR) is 174 cm³/mol. The number of fused-ring (bicyclic) bond motifs is 1. The molecule has 6 rings (SSSR count). The fraction of sp³-hybridized carbons (Fsp3) is 0.294. The number of rotatable bonds is 9. The SMILES string of the molecule is NNc1nc(N)cc(C(CCNC2CCCCC2)c2cnn(Cc3cccc4ccccc34)c2)c1N.c1ccccc1. The van der Waals surface area contributed by atoms with Crippen LogP contribution in [0.25, 0.3) is 10.8 Å². The molecule has 3 aromatic carbocycles. The highest BCUT2D eigenvalue weighted by atomic mass is 15.3. The smallest absolute Gasteiger partial charge is 0.165 e. The minimum Gasteiger partial charge on any atom is -0.395 e. The van der Waals surface area contributed by atoms with Crippen molar-refractivity contribution in [2.75, 3.05) is 23.4 Å². The van der Waals surface area contributed by atoms with Crippen LogP contribution >= 0.6 is 0 Å². The summed E-state index contributed by atoms with van der Waals surface area (Å²) in [6.45, 7) is 1.58. The summed E-state index contributed by atoms with van der Waals surface area (Å²) in [4.78, 5) is 4.25. The van der Waals surface area contributed by atoms with Crippen molar-refractivity contribution in [1.82, 2.24) is 20.1 Å². The number of hydrogen-bond donors (Lipinski definition) is 5. The summed E-state index contributed by atoms with van der Waals surface area (Å²) in [5, 5.41) is 11.0. The van der Waals surface area contributed by atoms with Gasteiger partial charge in [0.05, 0.1) is 18.4 Å². The molecule has 2 aromatic heterocycles. The Morgan fingerprint density at radius 1 is 0.881 bits per heavy atom. The number of benzene rings is 3. The van der Waals surface area contributed by atoms with Gasteiger partial charge in [0.1, 0.15) is 5.82 Å². The molecule has 5 aromatic rings. The number of aromatic nitrogens is 3. The highest BCUT2D eigenvalue weighted by Gasteiger charge is 2.22. The average Bonchev–Trinajstić information content (AvgIpc) is 3.50. The molecule has 8 N–H and O–H groups in total. The molecule has 0 aliphatic heterocycles. The van der Waals surface area contributed by atoms with E-state index in [2.05, 4.69) is 64.4 Å². The van der Waals surface area contributed by atoms with Crippen molar-refractivity contribution in [2.45, 2.75) is 57.0 Å². The lowest BCUT2D eigenvalue weighted by molar-refractivity contribution is 0.370. The molecule has 42 heavy (non-hydrogen) atoms. The van der Waals surface area contributed by atoms with Crippen LogP contribution in [0, 0.1) is 0 Å². The quantitative estimate of drug-likeness (QED) is 0.109. The summed E-state index contributed by atoms with van der Waals surface area (Å²) in [6.07, 6.45) is 11.4. The number of pyridine rings is 1. The molecule has 0 saturated heterocycles. The lowest BCUT2D eigenvalue weighted by Gasteiger charge is -2.25. The third-order valence-corrected chi connectivity index (χ3v) is 8.03. The van der Waals surface area contributed by atoms with E-state index in [0.717, 1.165) is 24.1 Å². The van der Waals surface area contributed by atoms with E-state index in [9.17, 15) is 0 Å². The maximum Gasteiger partial charge on any atom is 0.165 e. The van der Waals surface area contributed by atoms with Crippen molar-refractivity contribution in [1.29, 1.82) is 0 Å². The van der Waals surface area contributed by atoms with Gasteiger partial charge in [-0.05, 0) is 59.3 Å². The van der Waals surface area contributed by atoms with Gasteiger partial charge in [0.2, 0.25) is 0 Å². The number of nitrogens with one attached hydrogen (secondary N) is 2. The van der Waals surface area contributed by atoms with E-state index in [1.54, 1.807) is 0 Å². The molecule has 1 unspecified atom stereocenters. The van der Waals surface area contributed by atoms with Crippen molar-refractivity contribution in [3.8, 4) is 0 Å². The Bertz CT molecular complexity index is 1510. The minimum absolute atomic E-state index is 0.0137. The lowest BCUT2D eigenvalue weighted by Crippen LogP contribution is -2.32. The van der Waals surface area contributed by atoms with Gasteiger partial charge in [-0.1, -0.05) is 98.1 Å². The largest absolute Gasteiger partial charge is 0.395 e. The van der Waals surface area contributed by atoms with Gasteiger partial charge in [-0.3, -0.25) is 4.68 Å². The molecule has 1 atom stereocenters. The first kappa shape index (κ1) is 29.1. The molecule has 0 amide bonds. The van der Waals surface area contributed by atoms with Gasteiger partial charge in [-0.2, -0.15) is 5.10 Å². The molecule has 0 spiro atoms. The Morgan fingerprint density at radius 3 is 2.33 bits per heavy atom. The Balaban J connectivity index is 0.000000524. The summed E-state index contributed by atoms with van der Waals surface area (Å²) < 4.78 is 2.00. The van der Waals surface area contributed by atoms with Crippen LogP contribution in [0.4, 0.5) is 17.3 Å². The highest BCUT2D eigenvalue weighted by Crippen LogP contribution is 2.36. The molecule has 2 heterocycles. The predicted octanol–water partition coefficient (Wildman–Crippen LogP) is 6.06. The van der Waals surface area contributed by atoms with Crippen molar-refractivity contribution >= 4 is 28.1 Å². The summed E-state index contributed by atoms with van der Waals surface area (Å²) in [7, 11) is 0. The van der Waals surface area contributed by atoms with Crippen molar-refractivity contribution < 1.29 is 0 Å². The second kappa shape index (κ2) is 14.5. The van der Waals surface area contributed by atoms with E-state index in [1.807, 2.05) is 53.3 Å². The summed E-state index contributed by atoms with van der Waals surface area (Å²) >= 11 is 0. The zero-order valence-corrected chi connectivity index (χ0v) is 24.1. The normalized spacial score (nSPS) is 14.2. The van der Waals surface area contributed by atoms with Gasteiger partial charge < -0.3 is 22.2 Å². The van der Waals surface area contributed by atoms with Crippen LogP contribution in [0.5, 0.6) is 0 Å². The molecule has 218 valence electrons. The number of hydrogen-bond acceptors (Lipinski definition) is 7. The topological polar surface area (TPSA) is 133 Å². The van der Waals surface area contributed by atoms with E-state index >= 15 is 0 Å². The zero-order valence-electron chi connectivity index (χ0n) is 24.1. The third kappa shape index (κ3) is 7.46. The Hall–Kier alpha value is -4.40. The number of anilines is 3. The van der Waals surface area contributed by atoms with Gasteiger partial charge in [0.25, 0.3) is 0 Å². The molecule has 1 fully saturated rings. The Morgan fingerprint density at radius 2 is 1.60 bits per heavy atom. The molecular formula is C34H42N8. The van der Waals surface area contributed by atoms with E-state index in [-0.39, 0.29) is 5.92 Å². The van der Waals surface area contributed by atoms with Crippen molar-refractivity contribution in [3.05, 3.63) is 114 Å². The number of nitrogens with two attached hydrogens (primary N) is 3. The van der Waals surface area contributed by atoms with E-state index in [0.29, 0.717) is 29.9 Å². The van der Waals surface area contributed by atoms with Gasteiger partial charge in [0.15, 0.2) is 5.82 Å². The molecule has 1 aliphatic carbocycles. The zero-order chi connectivity index (χ0) is 29.1. The summed E-state index contributed by atoms with van der Waals surface area (Å²) in [5.41, 5.74) is 19.0. The Kier molecular flexibility index (Phi) is 10.0. The van der Waals surface area contributed by atoms with Gasteiger partial charge in [-0.25, -0.2) is 10.8 Å². The van der Waals surface area contributed by atoms with Crippen molar-refractivity contribution in [3.63, 3.8) is 0 Å². The maximum absolute atomic E-state index is 6.50. The second-order valence-corrected chi connectivity index (χ2v) is 10.9. The third-order valence-electron chi connectivity index (χ3n) is 8.03. The average molecular weight is 563 g/mol. The molecule has 1 aliphatic rings. The fourth-order valence-electron chi connectivity index (χ4n) is 5.87. The van der Waals surface area contributed by atoms with Gasteiger partial charge in [-0.15, -0.1) is 0 Å². The fourth-order valence-corrected chi connectivity index (χ4v) is 5.87. The first-order valence-electron chi connectivity index (χ1n) is 14.9. The number of nitrogen functional groups attached to an aromatic ring is 3. The second-order valence-electron chi connectivity index (χ2n) is 10.9. The van der Waals surface area contributed by atoms with Crippen LogP contribution < -0.4 is 28.1 Å². The van der Waals surface area contributed by atoms with Crippen LogP contribution in [-0.4, -0.2) is 27.4 Å². The van der Waals surface area contributed by atoms with Crippen LogP contribution in [0.1, 0.15) is 61.1 Å². The number of hydrazine groups is 1. The van der Waals surface area contributed by atoms with Gasteiger partial charge in [0, 0.05) is 18.2 Å². The molecule has 0 bridgehead atoms. The first-order valence-corrected chi connectivity index (χ1v) is 14.9. The standard InChI is InChI=1S/C28H36N8.C6H6/c29-26-15-25(27(30)28(34-26)35-31)24(13-14-32-22-10-2-1-3-11-22)21-16-33-36(18-21)17-20-9-6-8-19-7-4-5-12-23(19)20;1-2-4-6-5-3-1/h4-9,12,15-16,18,22,24,32H,1-3,10-11,13-14,17,30-31H2,(H3,29,34,35);1-6H. The first-order chi connectivity index (χ1) is 20.6. The summed E-state index contributed by atoms with van der Waals surface area (Å²) in [5.74, 6) is 6.49. The Labute approximate surface area is 248 Å². The van der Waals surface area contributed by atoms with E-state index in [1.165, 1.54) is 48.4 Å². The molecule has 8 heteroatoms. The maximum atomic E-state index is 6.50. The summed E-state index contributed by atoms with van der Waals surface area (Å²) in [6, 6.07) is 29.3. The minimum atomic E-state index is 0.0137. The highest BCUT2D eigenvalue weighted by molar-refractivity contribution is 5.85. The van der Waals surface area contributed by atoms with E-state index in [4.69, 9.17) is 22.4 Å². The van der Waals surface area contributed by atoms with Crippen molar-refractivity contribution in [2.24, 2.45) is 5.84 Å². The molecule has 8 nitrogen and oxygen atoms in total. The van der Waals surface area contributed by atoms with Crippen LogP contribution in [0.2, 0.25) is 0 Å². The van der Waals surface area contributed by atoms with Crippen LogP contribution in [0.15, 0.2) is 97.3 Å². The monoisotopic (exact) mass is 562 g/mol.